The molecule has 1 aromatic rings. The average Bonchev–Trinajstić information content (AvgIpc) is 2.27. The molecule has 1 heterocycles. The minimum absolute atomic E-state index is 0.178. The second-order valence-corrected chi connectivity index (χ2v) is 4.91. The molecular formula is C11H17Cl2N3O. The van der Waals surface area contributed by atoms with E-state index in [1.807, 2.05) is 13.8 Å². The molecule has 0 saturated heterocycles. The van der Waals surface area contributed by atoms with E-state index in [4.69, 9.17) is 23.2 Å². The second-order valence-electron chi connectivity index (χ2n) is 4.09. The zero-order chi connectivity index (χ0) is 13.0. The van der Waals surface area contributed by atoms with Crippen molar-refractivity contribution in [2.24, 2.45) is 5.92 Å². The van der Waals surface area contributed by atoms with Crippen LogP contribution in [0.4, 0.5) is 11.6 Å². The summed E-state index contributed by atoms with van der Waals surface area (Å²) in [6.07, 6.45) is -0.443. The number of hydrogen-bond donors (Lipinski definition) is 3. The summed E-state index contributed by atoms with van der Waals surface area (Å²) in [4.78, 5) is 4.22. The number of aliphatic hydroxyl groups is 1. The summed E-state index contributed by atoms with van der Waals surface area (Å²) in [5.41, 5.74) is 0. The number of halogens is 2. The highest BCUT2D eigenvalue weighted by Gasteiger charge is 2.12. The molecule has 0 aliphatic heterocycles. The van der Waals surface area contributed by atoms with E-state index in [-0.39, 0.29) is 5.92 Å². The van der Waals surface area contributed by atoms with Crippen LogP contribution in [0.3, 0.4) is 0 Å². The molecule has 0 bridgehead atoms. The van der Waals surface area contributed by atoms with Crippen LogP contribution >= 0.6 is 23.2 Å². The van der Waals surface area contributed by atoms with E-state index in [9.17, 15) is 5.11 Å². The third-order valence-electron chi connectivity index (χ3n) is 2.41. The van der Waals surface area contributed by atoms with Crippen molar-refractivity contribution < 1.29 is 5.11 Å². The normalized spacial score (nSPS) is 12.6. The zero-order valence-corrected chi connectivity index (χ0v) is 11.6. The van der Waals surface area contributed by atoms with Crippen molar-refractivity contribution in [3.8, 4) is 0 Å². The molecule has 96 valence electrons. The SMILES string of the molecule is CNc1nc(NCC(O)C(C)C)c(Cl)cc1Cl. The van der Waals surface area contributed by atoms with Crippen LogP contribution in [0.1, 0.15) is 13.8 Å². The zero-order valence-electron chi connectivity index (χ0n) is 10.1. The quantitative estimate of drug-likeness (QED) is 0.775. The smallest absolute Gasteiger partial charge is 0.147 e. The first-order chi connectivity index (χ1) is 7.95. The van der Waals surface area contributed by atoms with Gasteiger partial charge in [-0.3, -0.25) is 0 Å². The van der Waals surface area contributed by atoms with Crippen LogP contribution in [0.15, 0.2) is 6.07 Å². The highest BCUT2D eigenvalue weighted by Crippen LogP contribution is 2.28. The molecule has 0 spiro atoms. The molecule has 6 heteroatoms. The molecule has 17 heavy (non-hydrogen) atoms. The van der Waals surface area contributed by atoms with Crippen molar-refractivity contribution in [3.05, 3.63) is 16.1 Å². The lowest BCUT2D eigenvalue weighted by Crippen LogP contribution is -2.25. The van der Waals surface area contributed by atoms with Gasteiger partial charge in [0.1, 0.15) is 11.6 Å². The van der Waals surface area contributed by atoms with Crippen molar-refractivity contribution in [2.75, 3.05) is 24.2 Å². The van der Waals surface area contributed by atoms with E-state index in [0.717, 1.165) is 0 Å². The van der Waals surface area contributed by atoms with Gasteiger partial charge in [-0.1, -0.05) is 37.0 Å². The Morgan fingerprint density at radius 1 is 1.29 bits per heavy atom. The van der Waals surface area contributed by atoms with Gasteiger partial charge in [0, 0.05) is 13.6 Å². The predicted octanol–water partition coefficient (Wildman–Crippen LogP) is 2.86. The van der Waals surface area contributed by atoms with Gasteiger partial charge in [-0.2, -0.15) is 0 Å². The lowest BCUT2D eigenvalue weighted by atomic mass is 10.1. The summed E-state index contributed by atoms with van der Waals surface area (Å²) < 4.78 is 0. The van der Waals surface area contributed by atoms with Crippen molar-refractivity contribution in [2.45, 2.75) is 20.0 Å². The van der Waals surface area contributed by atoms with Gasteiger partial charge in [-0.05, 0) is 12.0 Å². The van der Waals surface area contributed by atoms with Gasteiger partial charge in [0.25, 0.3) is 0 Å². The Morgan fingerprint density at radius 3 is 2.41 bits per heavy atom. The maximum absolute atomic E-state index is 9.68. The van der Waals surface area contributed by atoms with Gasteiger partial charge in [0.05, 0.1) is 16.1 Å². The van der Waals surface area contributed by atoms with Crippen LogP contribution in [0.2, 0.25) is 10.0 Å². The van der Waals surface area contributed by atoms with Gasteiger partial charge >= 0.3 is 0 Å². The van der Waals surface area contributed by atoms with Gasteiger partial charge in [0.2, 0.25) is 0 Å². The monoisotopic (exact) mass is 277 g/mol. The van der Waals surface area contributed by atoms with E-state index >= 15 is 0 Å². The molecule has 0 saturated carbocycles. The fourth-order valence-electron chi connectivity index (χ4n) is 1.20. The molecule has 1 aromatic heterocycles. The molecular weight excluding hydrogens is 261 g/mol. The number of rotatable bonds is 5. The number of hydrogen-bond acceptors (Lipinski definition) is 4. The number of anilines is 2. The number of aliphatic hydroxyl groups excluding tert-OH is 1. The number of aromatic nitrogens is 1. The fraction of sp³-hybridized carbons (Fsp3) is 0.545. The molecule has 0 aliphatic carbocycles. The molecule has 0 aromatic carbocycles. The van der Waals surface area contributed by atoms with Gasteiger partial charge in [-0.15, -0.1) is 0 Å². The Kier molecular flexibility index (Phi) is 5.31. The van der Waals surface area contributed by atoms with Crippen molar-refractivity contribution >= 4 is 34.8 Å². The van der Waals surface area contributed by atoms with Crippen molar-refractivity contribution in [3.63, 3.8) is 0 Å². The Bertz CT molecular complexity index is 385. The Balaban J connectivity index is 2.77. The summed E-state index contributed by atoms with van der Waals surface area (Å²) in [6, 6.07) is 1.62. The number of pyridine rings is 1. The summed E-state index contributed by atoms with van der Waals surface area (Å²) >= 11 is 11.9. The fourth-order valence-corrected chi connectivity index (χ4v) is 1.72. The summed E-state index contributed by atoms with van der Waals surface area (Å²) in [6.45, 7) is 4.29. The number of nitrogens with zero attached hydrogens (tertiary/aromatic N) is 1. The van der Waals surface area contributed by atoms with Gasteiger partial charge in [-0.25, -0.2) is 4.98 Å². The Morgan fingerprint density at radius 2 is 1.88 bits per heavy atom. The van der Waals surface area contributed by atoms with Crippen LogP contribution in [0, 0.1) is 5.92 Å². The van der Waals surface area contributed by atoms with Gasteiger partial charge < -0.3 is 15.7 Å². The first kappa shape index (κ1) is 14.4. The van der Waals surface area contributed by atoms with Crippen LogP contribution < -0.4 is 10.6 Å². The third kappa shape index (κ3) is 3.91. The Hall–Kier alpha value is -0.710. The highest BCUT2D eigenvalue weighted by molar-refractivity contribution is 6.37. The third-order valence-corrected chi connectivity index (χ3v) is 2.99. The largest absolute Gasteiger partial charge is 0.391 e. The summed E-state index contributed by atoms with van der Waals surface area (Å²) in [5.74, 6) is 1.25. The molecule has 1 rings (SSSR count). The highest BCUT2D eigenvalue weighted by atomic mass is 35.5. The second kappa shape index (κ2) is 6.28. The predicted molar refractivity (Wildman–Crippen MR) is 73.1 cm³/mol. The number of nitrogens with one attached hydrogen (secondary N) is 2. The average molecular weight is 278 g/mol. The standard InChI is InChI=1S/C11H17Cl2N3O/c1-6(2)9(17)5-15-11-8(13)4-7(12)10(14-3)16-11/h4,6,9,17H,5H2,1-3H3,(H2,14,15,16). The van der Waals surface area contributed by atoms with Crippen LogP contribution in [-0.2, 0) is 0 Å². The maximum atomic E-state index is 9.68. The Labute approximate surface area is 111 Å². The van der Waals surface area contributed by atoms with E-state index in [0.29, 0.717) is 28.2 Å². The maximum Gasteiger partial charge on any atom is 0.147 e. The topological polar surface area (TPSA) is 57.2 Å². The van der Waals surface area contributed by atoms with Crippen LogP contribution in [-0.4, -0.2) is 29.8 Å². The van der Waals surface area contributed by atoms with E-state index in [1.165, 1.54) is 0 Å². The minimum Gasteiger partial charge on any atom is -0.391 e. The molecule has 0 amide bonds. The lowest BCUT2D eigenvalue weighted by molar-refractivity contribution is 0.138. The van der Waals surface area contributed by atoms with Crippen LogP contribution in [0.5, 0.6) is 0 Å². The molecule has 0 fully saturated rings. The molecule has 1 unspecified atom stereocenters. The molecule has 0 radical (unpaired) electrons. The van der Waals surface area contributed by atoms with E-state index in [1.54, 1.807) is 13.1 Å². The van der Waals surface area contributed by atoms with Crippen LogP contribution in [0.25, 0.3) is 0 Å². The molecule has 3 N–H and O–H groups in total. The molecule has 4 nitrogen and oxygen atoms in total. The molecule has 0 aliphatic rings. The van der Waals surface area contributed by atoms with Crippen molar-refractivity contribution in [1.82, 2.24) is 4.98 Å². The molecule has 1 atom stereocenters. The van der Waals surface area contributed by atoms with Gasteiger partial charge in [0.15, 0.2) is 0 Å². The van der Waals surface area contributed by atoms with E-state index in [2.05, 4.69) is 15.6 Å². The van der Waals surface area contributed by atoms with E-state index < -0.39 is 6.10 Å². The first-order valence-corrected chi connectivity index (χ1v) is 6.17. The summed E-state index contributed by atoms with van der Waals surface area (Å²) in [7, 11) is 1.73. The van der Waals surface area contributed by atoms with Crippen molar-refractivity contribution in [1.29, 1.82) is 0 Å². The minimum atomic E-state index is -0.443. The summed E-state index contributed by atoms with van der Waals surface area (Å²) in [5, 5.41) is 16.5. The lowest BCUT2D eigenvalue weighted by Gasteiger charge is -2.16. The first-order valence-electron chi connectivity index (χ1n) is 5.41.